The summed E-state index contributed by atoms with van der Waals surface area (Å²) in [5.74, 6) is 0.522. The Labute approximate surface area is 101 Å². The van der Waals surface area contributed by atoms with Crippen molar-refractivity contribution in [2.45, 2.75) is 13.5 Å². The van der Waals surface area contributed by atoms with Crippen LogP contribution in [-0.4, -0.2) is 42.0 Å². The first-order valence-electron chi connectivity index (χ1n) is 5.89. The smallest absolute Gasteiger partial charge is 0.222 e. The second-order valence-electron chi connectivity index (χ2n) is 4.26. The van der Waals surface area contributed by atoms with Crippen molar-refractivity contribution in [2.24, 2.45) is 0 Å². The molecule has 2 N–H and O–H groups in total. The van der Waals surface area contributed by atoms with Gasteiger partial charge in [-0.1, -0.05) is 6.07 Å². The molecule has 1 saturated heterocycles. The van der Waals surface area contributed by atoms with Gasteiger partial charge < -0.3 is 10.6 Å². The van der Waals surface area contributed by atoms with Crippen molar-refractivity contribution >= 4 is 11.7 Å². The molecule has 0 aromatic carbocycles. The van der Waals surface area contributed by atoms with E-state index in [2.05, 4.69) is 20.5 Å². The number of rotatable bonds is 3. The molecule has 1 aliphatic rings. The van der Waals surface area contributed by atoms with Crippen LogP contribution in [0.3, 0.4) is 0 Å². The standard InChI is InChI=1S/C12H18N4O/c1-10(17)15-12-3-2-11(8-14-12)9-16-6-4-13-5-7-16/h2-3,8,13H,4-7,9H2,1H3,(H,14,15,17). The number of carbonyl (C=O) groups excluding carboxylic acids is 1. The largest absolute Gasteiger partial charge is 0.314 e. The minimum absolute atomic E-state index is 0.0904. The van der Waals surface area contributed by atoms with Crippen LogP contribution < -0.4 is 10.6 Å². The average molecular weight is 234 g/mol. The Morgan fingerprint density at radius 2 is 2.24 bits per heavy atom. The third-order valence-corrected chi connectivity index (χ3v) is 2.74. The molecular formula is C12H18N4O. The molecule has 1 fully saturated rings. The monoisotopic (exact) mass is 234 g/mol. The lowest BCUT2D eigenvalue weighted by molar-refractivity contribution is -0.114. The number of carbonyl (C=O) groups is 1. The first-order chi connectivity index (χ1) is 8.24. The van der Waals surface area contributed by atoms with Crippen molar-refractivity contribution in [3.05, 3.63) is 23.9 Å². The Hall–Kier alpha value is -1.46. The van der Waals surface area contributed by atoms with E-state index >= 15 is 0 Å². The zero-order chi connectivity index (χ0) is 12.1. The van der Waals surface area contributed by atoms with Gasteiger partial charge in [0.05, 0.1) is 0 Å². The van der Waals surface area contributed by atoms with Crippen molar-refractivity contribution in [1.29, 1.82) is 0 Å². The Morgan fingerprint density at radius 1 is 1.47 bits per heavy atom. The average Bonchev–Trinajstić information content (AvgIpc) is 2.32. The normalized spacial score (nSPS) is 16.8. The highest BCUT2D eigenvalue weighted by atomic mass is 16.1. The van der Waals surface area contributed by atoms with Crippen LogP contribution in [-0.2, 0) is 11.3 Å². The van der Waals surface area contributed by atoms with Crippen LogP contribution in [0.2, 0.25) is 0 Å². The molecule has 17 heavy (non-hydrogen) atoms. The van der Waals surface area contributed by atoms with E-state index in [1.807, 2.05) is 18.3 Å². The molecule has 2 heterocycles. The molecule has 1 aromatic heterocycles. The molecule has 0 atom stereocenters. The van der Waals surface area contributed by atoms with Crippen molar-refractivity contribution in [3.63, 3.8) is 0 Å². The number of amides is 1. The highest BCUT2D eigenvalue weighted by Gasteiger charge is 2.09. The number of nitrogens with zero attached hydrogens (tertiary/aromatic N) is 2. The number of hydrogen-bond acceptors (Lipinski definition) is 4. The van der Waals surface area contributed by atoms with E-state index in [0.717, 1.165) is 32.7 Å². The summed E-state index contributed by atoms with van der Waals surface area (Å²) in [6.07, 6.45) is 1.83. The van der Waals surface area contributed by atoms with Crippen LogP contribution in [0.25, 0.3) is 0 Å². The minimum Gasteiger partial charge on any atom is -0.314 e. The summed E-state index contributed by atoms with van der Waals surface area (Å²) in [5.41, 5.74) is 1.18. The lowest BCUT2D eigenvalue weighted by Gasteiger charge is -2.27. The highest BCUT2D eigenvalue weighted by Crippen LogP contribution is 2.08. The molecule has 0 unspecified atom stereocenters. The fourth-order valence-electron chi connectivity index (χ4n) is 1.90. The second kappa shape index (κ2) is 5.75. The van der Waals surface area contributed by atoms with Crippen molar-refractivity contribution in [2.75, 3.05) is 31.5 Å². The van der Waals surface area contributed by atoms with Crippen LogP contribution in [0.4, 0.5) is 5.82 Å². The van der Waals surface area contributed by atoms with Crippen molar-refractivity contribution < 1.29 is 4.79 Å². The number of aromatic nitrogens is 1. The van der Waals surface area contributed by atoms with Gasteiger partial charge in [0.2, 0.25) is 5.91 Å². The van der Waals surface area contributed by atoms with E-state index in [1.165, 1.54) is 12.5 Å². The van der Waals surface area contributed by atoms with E-state index in [-0.39, 0.29) is 5.91 Å². The molecule has 1 aliphatic heterocycles. The molecule has 5 heteroatoms. The number of nitrogens with one attached hydrogen (secondary N) is 2. The Bertz CT molecular complexity index is 371. The Balaban J connectivity index is 1.90. The van der Waals surface area contributed by atoms with Gasteiger partial charge >= 0.3 is 0 Å². The van der Waals surface area contributed by atoms with E-state index < -0.39 is 0 Å². The van der Waals surface area contributed by atoms with Gasteiger partial charge in [0.25, 0.3) is 0 Å². The molecule has 2 rings (SSSR count). The van der Waals surface area contributed by atoms with Crippen LogP contribution in [0.15, 0.2) is 18.3 Å². The quantitative estimate of drug-likeness (QED) is 0.797. The molecule has 0 saturated carbocycles. The van der Waals surface area contributed by atoms with Gasteiger partial charge in [-0.25, -0.2) is 4.98 Å². The number of pyridine rings is 1. The molecule has 0 radical (unpaired) electrons. The zero-order valence-corrected chi connectivity index (χ0v) is 10.1. The fraction of sp³-hybridized carbons (Fsp3) is 0.500. The molecule has 1 amide bonds. The third-order valence-electron chi connectivity index (χ3n) is 2.74. The second-order valence-corrected chi connectivity index (χ2v) is 4.26. The van der Waals surface area contributed by atoms with Crippen LogP contribution in [0.5, 0.6) is 0 Å². The van der Waals surface area contributed by atoms with Crippen molar-refractivity contribution in [3.8, 4) is 0 Å². The molecule has 92 valence electrons. The summed E-state index contributed by atoms with van der Waals surface area (Å²) >= 11 is 0. The van der Waals surface area contributed by atoms with Crippen molar-refractivity contribution in [1.82, 2.24) is 15.2 Å². The number of anilines is 1. The van der Waals surface area contributed by atoms with Gasteiger partial charge in [-0.05, 0) is 11.6 Å². The summed E-state index contributed by atoms with van der Waals surface area (Å²) < 4.78 is 0. The van der Waals surface area contributed by atoms with Crippen LogP contribution >= 0.6 is 0 Å². The first kappa shape index (κ1) is 12.0. The predicted molar refractivity (Wildman–Crippen MR) is 66.7 cm³/mol. The first-order valence-corrected chi connectivity index (χ1v) is 5.89. The van der Waals surface area contributed by atoms with Gasteiger partial charge in [0.15, 0.2) is 0 Å². The molecule has 5 nitrogen and oxygen atoms in total. The number of hydrogen-bond donors (Lipinski definition) is 2. The topological polar surface area (TPSA) is 57.3 Å². The van der Waals surface area contributed by atoms with E-state index in [4.69, 9.17) is 0 Å². The molecule has 1 aromatic rings. The fourth-order valence-corrected chi connectivity index (χ4v) is 1.90. The molecule has 0 spiro atoms. The van der Waals surface area contributed by atoms with Crippen LogP contribution in [0.1, 0.15) is 12.5 Å². The predicted octanol–water partition coefficient (Wildman–Crippen LogP) is 0.445. The van der Waals surface area contributed by atoms with Gasteiger partial charge in [0, 0.05) is 45.8 Å². The Morgan fingerprint density at radius 3 is 2.82 bits per heavy atom. The maximum Gasteiger partial charge on any atom is 0.222 e. The summed E-state index contributed by atoms with van der Waals surface area (Å²) in [6.45, 7) is 6.67. The highest BCUT2D eigenvalue weighted by molar-refractivity contribution is 5.87. The lowest BCUT2D eigenvalue weighted by atomic mass is 10.2. The maximum absolute atomic E-state index is 10.8. The minimum atomic E-state index is -0.0904. The molecule has 0 aliphatic carbocycles. The van der Waals surface area contributed by atoms with Gasteiger partial charge in [-0.15, -0.1) is 0 Å². The molecular weight excluding hydrogens is 216 g/mol. The summed E-state index contributed by atoms with van der Waals surface area (Å²) in [5, 5.41) is 5.99. The SMILES string of the molecule is CC(=O)Nc1ccc(CN2CCNCC2)cn1. The van der Waals surface area contributed by atoms with E-state index in [0.29, 0.717) is 5.82 Å². The van der Waals surface area contributed by atoms with Gasteiger partial charge in [0.1, 0.15) is 5.82 Å². The third kappa shape index (κ3) is 3.80. The summed E-state index contributed by atoms with van der Waals surface area (Å²) in [4.78, 5) is 17.5. The zero-order valence-electron chi connectivity index (χ0n) is 10.1. The summed E-state index contributed by atoms with van der Waals surface area (Å²) in [6, 6.07) is 3.86. The maximum atomic E-state index is 10.8. The molecule has 0 bridgehead atoms. The number of piperazine rings is 1. The lowest BCUT2D eigenvalue weighted by Crippen LogP contribution is -2.42. The van der Waals surface area contributed by atoms with Crippen LogP contribution in [0, 0.1) is 0 Å². The van der Waals surface area contributed by atoms with Gasteiger partial charge in [-0.2, -0.15) is 0 Å². The van der Waals surface area contributed by atoms with Gasteiger partial charge in [-0.3, -0.25) is 9.69 Å². The Kier molecular flexibility index (Phi) is 4.06. The van der Waals surface area contributed by atoms with E-state index in [9.17, 15) is 4.79 Å². The van der Waals surface area contributed by atoms with E-state index in [1.54, 1.807) is 0 Å². The summed E-state index contributed by atoms with van der Waals surface area (Å²) in [7, 11) is 0.